The second-order valence-corrected chi connectivity index (χ2v) is 12.5. The summed E-state index contributed by atoms with van der Waals surface area (Å²) in [6.07, 6.45) is 22.1. The van der Waals surface area contributed by atoms with Gasteiger partial charge in [-0.3, -0.25) is 5.32 Å². The maximum atomic E-state index is 13.1. The first-order valence-electron chi connectivity index (χ1n) is 18.4. The fraction of sp³-hybridized carbons (Fsp3) is 0.675. The Bertz CT molecular complexity index is 1030. The monoisotopic (exact) mass is 607 g/mol. The van der Waals surface area contributed by atoms with Gasteiger partial charge in [-0.2, -0.15) is 0 Å². The quantitative estimate of drug-likeness (QED) is 0.121. The molecule has 2 aromatic carbocycles. The number of hydrogen-bond donors (Lipinski definition) is 1. The highest BCUT2D eigenvalue weighted by Gasteiger charge is 2.26. The summed E-state index contributed by atoms with van der Waals surface area (Å²) in [4.78, 5) is 13.1. The Hall–Kier alpha value is -2.49. The first kappa shape index (κ1) is 37.7. The Balaban J connectivity index is 2.84. The lowest BCUT2D eigenvalue weighted by Crippen LogP contribution is -2.19. The van der Waals surface area contributed by atoms with Crippen LogP contribution in [-0.4, -0.2) is 12.7 Å². The molecule has 0 unspecified atom stereocenters. The Kier molecular flexibility index (Phi) is 19.6. The van der Waals surface area contributed by atoms with Crippen LogP contribution in [-0.2, 0) is 36.8 Å². The number of nitrogens with one attached hydrogen (secondary N) is 1. The molecular formula is C40H65NO3. The van der Waals surface area contributed by atoms with Gasteiger partial charge in [-0.25, -0.2) is 4.79 Å². The molecule has 4 nitrogen and oxygen atoms in total. The van der Waals surface area contributed by atoms with Gasteiger partial charge in [0.2, 0.25) is 0 Å². The van der Waals surface area contributed by atoms with E-state index in [0.29, 0.717) is 6.61 Å². The van der Waals surface area contributed by atoms with Crippen LogP contribution in [0.5, 0.6) is 11.5 Å². The van der Waals surface area contributed by atoms with E-state index in [2.05, 4.69) is 64.2 Å². The highest BCUT2D eigenvalue weighted by Crippen LogP contribution is 2.43. The third-order valence-electron chi connectivity index (χ3n) is 8.69. The van der Waals surface area contributed by atoms with E-state index < -0.39 is 0 Å². The number of rotatable bonds is 24. The first-order chi connectivity index (χ1) is 21.5. The molecule has 0 atom stereocenters. The van der Waals surface area contributed by atoms with Crippen molar-refractivity contribution in [3.05, 3.63) is 52.1 Å². The van der Waals surface area contributed by atoms with E-state index in [-0.39, 0.29) is 6.09 Å². The normalized spacial score (nSPS) is 11.1. The molecule has 2 rings (SSSR count). The van der Waals surface area contributed by atoms with Gasteiger partial charge < -0.3 is 9.47 Å². The Morgan fingerprint density at radius 3 is 1.50 bits per heavy atom. The van der Waals surface area contributed by atoms with Crippen LogP contribution in [0.4, 0.5) is 10.5 Å². The third-order valence-corrected chi connectivity index (χ3v) is 8.69. The fourth-order valence-electron chi connectivity index (χ4n) is 6.23. The molecular weight excluding hydrogens is 542 g/mol. The molecule has 0 aliphatic carbocycles. The zero-order valence-corrected chi connectivity index (χ0v) is 29.4. The summed E-state index contributed by atoms with van der Waals surface area (Å²) < 4.78 is 12.6. The number of hydrogen-bond acceptors (Lipinski definition) is 3. The minimum Gasteiger partial charge on any atom is -0.457 e. The molecule has 248 valence electrons. The van der Waals surface area contributed by atoms with Gasteiger partial charge in [0.25, 0.3) is 0 Å². The molecule has 0 saturated carbocycles. The molecule has 0 aromatic heterocycles. The number of amides is 1. The van der Waals surface area contributed by atoms with Crippen molar-refractivity contribution < 1.29 is 14.3 Å². The largest absolute Gasteiger partial charge is 0.457 e. The molecule has 0 bridgehead atoms. The van der Waals surface area contributed by atoms with Gasteiger partial charge in [0.05, 0.1) is 12.3 Å². The predicted octanol–water partition coefficient (Wildman–Crippen LogP) is 12.7. The molecule has 44 heavy (non-hydrogen) atoms. The summed E-state index contributed by atoms with van der Waals surface area (Å²) in [6.45, 7) is 13.6. The van der Waals surface area contributed by atoms with Gasteiger partial charge in [0, 0.05) is 11.1 Å². The van der Waals surface area contributed by atoms with Gasteiger partial charge in [-0.05, 0) is 100.0 Å². The zero-order valence-electron chi connectivity index (χ0n) is 29.4. The van der Waals surface area contributed by atoms with Crippen molar-refractivity contribution in [2.75, 3.05) is 11.9 Å². The van der Waals surface area contributed by atoms with E-state index in [0.717, 1.165) is 75.0 Å². The van der Waals surface area contributed by atoms with Gasteiger partial charge in [-0.15, -0.1) is 0 Å². The number of ether oxygens (including phenoxy) is 2. The average Bonchev–Trinajstić information content (AvgIpc) is 3.01. The van der Waals surface area contributed by atoms with Crippen molar-refractivity contribution in [1.29, 1.82) is 0 Å². The molecule has 0 saturated heterocycles. The maximum absolute atomic E-state index is 13.1. The van der Waals surface area contributed by atoms with E-state index in [4.69, 9.17) is 9.47 Å². The van der Waals surface area contributed by atoms with Gasteiger partial charge in [0.1, 0.15) is 11.5 Å². The third kappa shape index (κ3) is 12.9. The lowest BCUT2D eigenvalue weighted by Gasteiger charge is -2.27. The number of aryl methyl sites for hydroxylation is 1. The van der Waals surface area contributed by atoms with E-state index in [1.54, 1.807) is 0 Å². The summed E-state index contributed by atoms with van der Waals surface area (Å²) in [7, 11) is 0. The molecule has 4 heteroatoms. The molecule has 0 aliphatic heterocycles. The first-order valence-corrected chi connectivity index (χ1v) is 18.4. The van der Waals surface area contributed by atoms with Crippen LogP contribution in [0.15, 0.2) is 24.3 Å². The van der Waals surface area contributed by atoms with E-state index in [1.807, 2.05) is 6.92 Å². The smallest absolute Gasteiger partial charge is 0.411 e. The molecule has 1 N–H and O–H groups in total. The SMILES string of the molecule is CCCCCc1cccc(Oc2c(CCCCC)c(CCCCC)c(NC(=O)OCC)c(CCCCC)c2CCCCC)c1. The van der Waals surface area contributed by atoms with Crippen LogP contribution >= 0.6 is 0 Å². The highest BCUT2D eigenvalue weighted by molar-refractivity contribution is 5.88. The van der Waals surface area contributed by atoms with Gasteiger partial charge in [-0.1, -0.05) is 111 Å². The number of unbranched alkanes of at least 4 members (excludes halogenated alkanes) is 10. The summed E-state index contributed by atoms with van der Waals surface area (Å²) in [5, 5.41) is 3.31. The minimum absolute atomic E-state index is 0.339. The van der Waals surface area contributed by atoms with Gasteiger partial charge in [0.15, 0.2) is 0 Å². The molecule has 0 fully saturated rings. The fourth-order valence-corrected chi connectivity index (χ4v) is 6.23. The molecule has 0 heterocycles. The van der Waals surface area contributed by atoms with Crippen molar-refractivity contribution in [3.8, 4) is 11.5 Å². The van der Waals surface area contributed by atoms with Crippen molar-refractivity contribution in [2.24, 2.45) is 0 Å². The lowest BCUT2D eigenvalue weighted by atomic mass is 9.85. The minimum atomic E-state index is -0.339. The van der Waals surface area contributed by atoms with Crippen LogP contribution in [0.25, 0.3) is 0 Å². The standard InChI is InChI=1S/C40H65NO3/c1-7-13-18-24-32-25-23-26-33(31-32)44-39-36(29-21-16-10-4)34(27-19-14-8-2)38(41-40(42)43-12-6)35(28-20-15-9-3)37(39)30-22-17-11-5/h23,25-26,31H,7-22,24,27-30H2,1-6H3,(H,41,42). The van der Waals surface area contributed by atoms with Crippen molar-refractivity contribution >= 4 is 11.8 Å². The van der Waals surface area contributed by atoms with E-state index >= 15 is 0 Å². The van der Waals surface area contributed by atoms with Crippen LogP contribution in [0.2, 0.25) is 0 Å². The maximum Gasteiger partial charge on any atom is 0.411 e. The number of anilines is 1. The molecule has 0 radical (unpaired) electrons. The summed E-state index contributed by atoms with van der Waals surface area (Å²) in [5.41, 5.74) is 7.55. The van der Waals surface area contributed by atoms with Crippen LogP contribution < -0.4 is 10.1 Å². The predicted molar refractivity (Wildman–Crippen MR) is 190 cm³/mol. The average molecular weight is 608 g/mol. The highest BCUT2D eigenvalue weighted by atomic mass is 16.5. The summed E-state index contributed by atoms with van der Waals surface area (Å²) in [6, 6.07) is 8.80. The number of carbonyl (C=O) groups excluding carboxylic acids is 1. The van der Waals surface area contributed by atoms with Gasteiger partial charge >= 0.3 is 6.09 Å². The van der Waals surface area contributed by atoms with Crippen molar-refractivity contribution in [1.82, 2.24) is 0 Å². The van der Waals surface area contributed by atoms with E-state index in [1.165, 1.54) is 98.4 Å². The lowest BCUT2D eigenvalue weighted by molar-refractivity contribution is 0.168. The zero-order chi connectivity index (χ0) is 32.0. The Morgan fingerprint density at radius 2 is 1.05 bits per heavy atom. The van der Waals surface area contributed by atoms with Crippen LogP contribution in [0, 0.1) is 0 Å². The molecule has 0 aliphatic rings. The van der Waals surface area contributed by atoms with Crippen molar-refractivity contribution in [2.45, 2.75) is 170 Å². The van der Waals surface area contributed by atoms with E-state index in [9.17, 15) is 4.79 Å². The van der Waals surface area contributed by atoms with Crippen molar-refractivity contribution in [3.63, 3.8) is 0 Å². The second-order valence-electron chi connectivity index (χ2n) is 12.5. The van der Waals surface area contributed by atoms with Crippen LogP contribution in [0.3, 0.4) is 0 Å². The molecule has 2 aromatic rings. The Morgan fingerprint density at radius 1 is 0.591 bits per heavy atom. The Labute approximate surface area is 271 Å². The topological polar surface area (TPSA) is 47.6 Å². The molecule has 0 spiro atoms. The molecule has 1 amide bonds. The number of benzene rings is 2. The van der Waals surface area contributed by atoms with Crippen LogP contribution in [0.1, 0.15) is 166 Å². The second kappa shape index (κ2) is 22.9. The summed E-state index contributed by atoms with van der Waals surface area (Å²) >= 11 is 0. The number of carbonyl (C=O) groups is 1. The summed E-state index contributed by atoms with van der Waals surface area (Å²) in [5.74, 6) is 2.02.